The minimum Gasteiger partial charge on any atom is -0.306 e. The quantitative estimate of drug-likeness (QED) is 0.323. The number of carbonyl (C=O) groups is 2. The summed E-state index contributed by atoms with van der Waals surface area (Å²) < 4.78 is 5.39. The molecule has 0 saturated carbocycles. The Balaban J connectivity index is 1.42. The summed E-state index contributed by atoms with van der Waals surface area (Å²) in [5, 5.41) is 10.7. The molecule has 0 radical (unpaired) electrons. The van der Waals surface area contributed by atoms with Gasteiger partial charge in [0.05, 0.1) is 4.91 Å². The average Bonchev–Trinajstić information content (AvgIpc) is 3.42. The number of thioether (sulfide) groups is 1. The lowest BCUT2D eigenvalue weighted by Crippen LogP contribution is -2.31. The number of hydrogen-bond acceptors (Lipinski definition) is 7. The van der Waals surface area contributed by atoms with Crippen LogP contribution in [0.25, 0.3) is 17.3 Å². The van der Waals surface area contributed by atoms with E-state index >= 15 is 0 Å². The molecule has 0 unspecified atom stereocenters. The fourth-order valence-corrected chi connectivity index (χ4v) is 5.04. The number of nitrogens with zero attached hydrogens (tertiary/aromatic N) is 3. The van der Waals surface area contributed by atoms with Gasteiger partial charge >= 0.3 is 0 Å². The number of nitrogens with one attached hydrogen (secondary N) is 1. The van der Waals surface area contributed by atoms with E-state index in [-0.39, 0.29) is 30.6 Å². The Bertz CT molecular complexity index is 1300. The van der Waals surface area contributed by atoms with Crippen molar-refractivity contribution >= 4 is 52.0 Å². The molecule has 0 spiro atoms. The number of carbonyl (C=O) groups excluding carboxylic acids is 2. The van der Waals surface area contributed by atoms with E-state index in [0.29, 0.717) is 14.9 Å². The van der Waals surface area contributed by atoms with Crippen molar-refractivity contribution in [3.63, 3.8) is 0 Å². The average molecular weight is 507 g/mol. The maximum Gasteiger partial charge on any atom is 0.266 e. The monoisotopic (exact) mass is 506 g/mol. The maximum atomic E-state index is 12.9. The van der Waals surface area contributed by atoms with Gasteiger partial charge in [0.15, 0.2) is 5.69 Å². The minimum atomic E-state index is -0.303. The van der Waals surface area contributed by atoms with E-state index in [9.17, 15) is 9.59 Å². The normalized spacial score (nSPS) is 14.7. The first-order valence-electron chi connectivity index (χ1n) is 11.5. The Kier molecular flexibility index (Phi) is 7.77. The fourth-order valence-electron chi connectivity index (χ4n) is 3.73. The maximum absolute atomic E-state index is 12.9. The molecule has 180 valence electrons. The number of aromatic nitrogens is 2. The van der Waals surface area contributed by atoms with Crippen LogP contribution in [-0.4, -0.2) is 37.9 Å². The van der Waals surface area contributed by atoms with Crippen molar-refractivity contribution in [3.8, 4) is 11.3 Å². The molecular formula is C26H26N4O3S2. The van der Waals surface area contributed by atoms with Gasteiger partial charge < -0.3 is 5.32 Å². The number of benzene rings is 2. The number of anilines is 1. The second-order valence-electron chi connectivity index (χ2n) is 8.20. The molecule has 2 amide bonds. The number of aryl methyl sites for hydroxylation is 3. The predicted octanol–water partition coefficient (Wildman–Crippen LogP) is 5.40. The van der Waals surface area contributed by atoms with Crippen molar-refractivity contribution in [2.24, 2.45) is 0 Å². The van der Waals surface area contributed by atoms with Gasteiger partial charge in [0, 0.05) is 18.5 Å². The van der Waals surface area contributed by atoms with Crippen LogP contribution >= 0.6 is 24.0 Å². The topological polar surface area (TPSA) is 88.3 Å². The second kappa shape index (κ2) is 11.0. The van der Waals surface area contributed by atoms with Gasteiger partial charge in [0.25, 0.3) is 5.91 Å². The Hall–Kier alpha value is -3.30. The summed E-state index contributed by atoms with van der Waals surface area (Å²) in [6.07, 6.45) is 3.57. The Labute approximate surface area is 213 Å². The largest absolute Gasteiger partial charge is 0.306 e. The van der Waals surface area contributed by atoms with E-state index in [0.717, 1.165) is 40.7 Å². The highest BCUT2D eigenvalue weighted by Gasteiger charge is 2.32. The smallest absolute Gasteiger partial charge is 0.266 e. The molecule has 4 rings (SSSR count). The van der Waals surface area contributed by atoms with Gasteiger partial charge in [-0.05, 0) is 58.9 Å². The second-order valence-corrected chi connectivity index (χ2v) is 9.88. The van der Waals surface area contributed by atoms with Crippen LogP contribution in [0.4, 0.5) is 5.82 Å². The first kappa shape index (κ1) is 24.8. The zero-order valence-electron chi connectivity index (χ0n) is 19.8. The highest BCUT2D eigenvalue weighted by molar-refractivity contribution is 8.26. The molecule has 1 aliphatic rings. The molecule has 1 aliphatic heterocycles. The highest BCUT2D eigenvalue weighted by atomic mass is 32.2. The van der Waals surface area contributed by atoms with Crippen molar-refractivity contribution in [3.05, 3.63) is 69.6 Å². The molecule has 3 aromatic rings. The summed E-state index contributed by atoms with van der Waals surface area (Å²) in [5.74, 6) is -0.230. The van der Waals surface area contributed by atoms with Crippen LogP contribution in [0.5, 0.6) is 0 Å². The molecule has 1 saturated heterocycles. The van der Waals surface area contributed by atoms with Crippen LogP contribution < -0.4 is 5.32 Å². The lowest BCUT2D eigenvalue weighted by molar-refractivity contribution is -0.122. The number of hydrogen-bond donors (Lipinski definition) is 1. The predicted molar refractivity (Wildman–Crippen MR) is 143 cm³/mol. The van der Waals surface area contributed by atoms with Crippen LogP contribution in [0, 0.1) is 6.92 Å². The minimum absolute atomic E-state index is 0.0617. The molecular weight excluding hydrogens is 480 g/mol. The van der Waals surface area contributed by atoms with Crippen molar-refractivity contribution in [2.45, 2.75) is 40.0 Å². The van der Waals surface area contributed by atoms with Gasteiger partial charge in [0.2, 0.25) is 11.7 Å². The number of rotatable bonds is 8. The summed E-state index contributed by atoms with van der Waals surface area (Å²) in [7, 11) is 0. The van der Waals surface area contributed by atoms with Crippen LogP contribution in [0.1, 0.15) is 42.5 Å². The molecule has 2 heterocycles. The van der Waals surface area contributed by atoms with E-state index in [1.54, 1.807) is 0 Å². The van der Waals surface area contributed by atoms with E-state index in [1.165, 1.54) is 16.7 Å². The SMILES string of the molecule is CCc1ccc(CC)c(-c2nonc2NC(=O)CCN2C(=O)/C(=C/c3ccc(C)cc3)SC2=S)c1. The molecule has 0 aliphatic carbocycles. The van der Waals surface area contributed by atoms with E-state index in [1.807, 2.05) is 37.3 Å². The van der Waals surface area contributed by atoms with Crippen molar-refractivity contribution in [1.82, 2.24) is 15.2 Å². The molecule has 0 atom stereocenters. The molecule has 35 heavy (non-hydrogen) atoms. The summed E-state index contributed by atoms with van der Waals surface area (Å²) in [6.45, 7) is 6.33. The van der Waals surface area contributed by atoms with Gasteiger partial charge in [-0.1, -0.05) is 79.8 Å². The zero-order valence-corrected chi connectivity index (χ0v) is 21.5. The first-order valence-corrected chi connectivity index (χ1v) is 12.7. The van der Waals surface area contributed by atoms with Crippen LogP contribution in [0.3, 0.4) is 0 Å². The molecule has 7 nitrogen and oxygen atoms in total. The summed E-state index contributed by atoms with van der Waals surface area (Å²) >= 11 is 6.64. The fraction of sp³-hybridized carbons (Fsp3) is 0.269. The van der Waals surface area contributed by atoms with E-state index < -0.39 is 0 Å². The van der Waals surface area contributed by atoms with Crippen molar-refractivity contribution in [1.29, 1.82) is 0 Å². The third-order valence-corrected chi connectivity index (χ3v) is 7.15. The lowest BCUT2D eigenvalue weighted by atomic mass is 9.98. The summed E-state index contributed by atoms with van der Waals surface area (Å²) in [6, 6.07) is 14.1. The van der Waals surface area contributed by atoms with E-state index in [4.69, 9.17) is 16.8 Å². The van der Waals surface area contributed by atoms with E-state index in [2.05, 4.69) is 47.7 Å². The van der Waals surface area contributed by atoms with Gasteiger partial charge in [-0.15, -0.1) is 0 Å². The zero-order chi connectivity index (χ0) is 24.9. The van der Waals surface area contributed by atoms with Crippen LogP contribution in [0.15, 0.2) is 52.0 Å². The Morgan fingerprint density at radius 3 is 2.63 bits per heavy atom. The molecule has 2 aromatic carbocycles. The number of thiocarbonyl (C=S) groups is 1. The summed E-state index contributed by atoms with van der Waals surface area (Å²) in [4.78, 5) is 27.6. The Morgan fingerprint density at radius 2 is 1.91 bits per heavy atom. The Morgan fingerprint density at radius 1 is 1.14 bits per heavy atom. The number of amides is 2. The molecule has 9 heteroatoms. The molecule has 1 aromatic heterocycles. The van der Waals surface area contributed by atoms with Crippen LogP contribution in [-0.2, 0) is 22.4 Å². The van der Waals surface area contributed by atoms with Gasteiger partial charge in [-0.2, -0.15) is 0 Å². The first-order chi connectivity index (χ1) is 16.9. The van der Waals surface area contributed by atoms with Crippen LogP contribution in [0.2, 0.25) is 0 Å². The summed E-state index contributed by atoms with van der Waals surface area (Å²) in [5.41, 5.74) is 5.71. The van der Waals surface area contributed by atoms with Crippen molar-refractivity contribution < 1.29 is 14.2 Å². The molecule has 0 bridgehead atoms. The van der Waals surface area contributed by atoms with Gasteiger partial charge in [-0.25, -0.2) is 4.63 Å². The molecule has 1 N–H and O–H groups in total. The van der Waals surface area contributed by atoms with Gasteiger partial charge in [-0.3, -0.25) is 14.5 Å². The third-order valence-electron chi connectivity index (χ3n) is 5.78. The van der Waals surface area contributed by atoms with Gasteiger partial charge in [0.1, 0.15) is 4.32 Å². The van der Waals surface area contributed by atoms with Crippen molar-refractivity contribution in [2.75, 3.05) is 11.9 Å². The molecule has 1 fully saturated rings. The standard InChI is InChI=1S/C26H26N4O3S2/c1-4-17-10-11-19(5-2)20(14-17)23-24(29-33-28-23)27-22(31)12-13-30-25(32)21(35-26(30)34)15-18-8-6-16(3)7-9-18/h6-11,14-15H,4-5,12-13H2,1-3H3,(H,27,29,31)/b21-15-. The third kappa shape index (κ3) is 5.68. The lowest BCUT2D eigenvalue weighted by Gasteiger charge is -2.14. The highest BCUT2D eigenvalue weighted by Crippen LogP contribution is 2.33.